The summed E-state index contributed by atoms with van der Waals surface area (Å²) in [4.78, 5) is 16.5. The molecule has 0 spiro atoms. The highest BCUT2D eigenvalue weighted by molar-refractivity contribution is 6.32. The molecule has 0 saturated heterocycles. The zero-order chi connectivity index (χ0) is 18.5. The molecule has 0 aliphatic rings. The van der Waals surface area contributed by atoms with Gasteiger partial charge in [0.1, 0.15) is 22.7 Å². The summed E-state index contributed by atoms with van der Waals surface area (Å²) in [5.74, 6) is 2.09. The van der Waals surface area contributed by atoms with Crippen LogP contribution in [-0.2, 0) is 12.8 Å². The molecule has 0 atom stereocenters. The zero-order valence-electron chi connectivity index (χ0n) is 14.7. The molecule has 4 heterocycles. The molecule has 0 fully saturated rings. The molecule has 0 unspecified atom stereocenters. The van der Waals surface area contributed by atoms with E-state index in [1.54, 1.807) is 24.8 Å². The van der Waals surface area contributed by atoms with Gasteiger partial charge in [-0.3, -0.25) is 8.80 Å². The molecule has 0 aliphatic carbocycles. The van der Waals surface area contributed by atoms with Gasteiger partial charge in [-0.05, 0) is 12.8 Å². The lowest BCUT2D eigenvalue weighted by molar-refractivity contribution is 0.828. The number of aromatic nitrogens is 6. The van der Waals surface area contributed by atoms with E-state index < -0.39 is 0 Å². The lowest BCUT2D eigenvalue weighted by Crippen LogP contribution is -1.94. The number of aryl methyl sites for hydroxylation is 2. The highest BCUT2D eigenvalue weighted by Gasteiger charge is 2.05. The Morgan fingerprint density at radius 2 is 1.15 bits per heavy atom. The highest BCUT2D eigenvalue weighted by Crippen LogP contribution is 2.16. The maximum atomic E-state index is 5.90. The fourth-order valence-corrected chi connectivity index (χ4v) is 3.11. The molecule has 6 nitrogen and oxygen atoms in total. The first-order valence-electron chi connectivity index (χ1n) is 8.58. The molecule has 0 bridgehead atoms. The predicted molar refractivity (Wildman–Crippen MR) is 104 cm³/mol. The number of hydrogen-bond acceptors (Lipinski definition) is 4. The maximum Gasteiger partial charge on any atom is 0.154 e. The van der Waals surface area contributed by atoms with Gasteiger partial charge in [-0.15, -0.1) is 0 Å². The van der Waals surface area contributed by atoms with Crippen LogP contribution in [0.25, 0.3) is 11.0 Å². The molecule has 136 valence electrons. The van der Waals surface area contributed by atoms with E-state index in [2.05, 4.69) is 33.8 Å². The smallest absolute Gasteiger partial charge is 0.154 e. The van der Waals surface area contributed by atoms with Crippen LogP contribution in [-0.4, -0.2) is 28.7 Å². The Kier molecular flexibility index (Phi) is 6.06. The second-order valence-corrected chi connectivity index (χ2v) is 6.51. The van der Waals surface area contributed by atoms with Crippen molar-refractivity contribution in [2.45, 2.75) is 39.5 Å². The fraction of sp³-hybridized carbons (Fsp3) is 0.333. The quantitative estimate of drug-likeness (QED) is 0.507. The largest absolute Gasteiger partial charge is 0.299 e. The van der Waals surface area contributed by atoms with E-state index in [9.17, 15) is 0 Å². The molecule has 0 aromatic carbocycles. The lowest BCUT2D eigenvalue weighted by atomic mass is 10.3. The fourth-order valence-electron chi connectivity index (χ4n) is 2.72. The number of nitrogens with zero attached hydrogens (tertiary/aromatic N) is 6. The Hall–Kier alpha value is -2.18. The topological polar surface area (TPSA) is 60.4 Å². The van der Waals surface area contributed by atoms with Crippen LogP contribution in [0.15, 0.2) is 37.2 Å². The van der Waals surface area contributed by atoms with Crippen molar-refractivity contribution in [3.63, 3.8) is 0 Å². The van der Waals surface area contributed by atoms with Crippen molar-refractivity contribution in [2.75, 3.05) is 0 Å². The van der Waals surface area contributed by atoms with Gasteiger partial charge in [0.05, 0.1) is 12.4 Å². The highest BCUT2D eigenvalue weighted by atomic mass is 35.5. The Bertz CT molecular complexity index is 925. The van der Waals surface area contributed by atoms with Crippen molar-refractivity contribution < 1.29 is 0 Å². The van der Waals surface area contributed by atoms with E-state index >= 15 is 0 Å². The van der Waals surface area contributed by atoms with Gasteiger partial charge in [-0.1, -0.05) is 37.0 Å². The molecule has 0 amide bonds. The molecule has 0 saturated carbocycles. The van der Waals surface area contributed by atoms with Crippen molar-refractivity contribution in [1.82, 2.24) is 28.7 Å². The number of fused-ring (bicyclic) bond motifs is 2. The average Bonchev–Trinajstić information content (AvgIpc) is 3.23. The van der Waals surface area contributed by atoms with Crippen molar-refractivity contribution in [3.8, 4) is 0 Å². The van der Waals surface area contributed by atoms with Crippen LogP contribution < -0.4 is 0 Å². The molecule has 0 radical (unpaired) electrons. The van der Waals surface area contributed by atoms with Crippen LogP contribution in [0.2, 0.25) is 10.3 Å². The second-order valence-electron chi connectivity index (χ2n) is 5.80. The standard InChI is InChI=1S/2C9H10ClN3/c2*1-2-3-8-12-6-7-9(10)11-4-5-13(7)8/h2*4-6H,2-3H2,1H3. The summed E-state index contributed by atoms with van der Waals surface area (Å²) in [6.07, 6.45) is 14.8. The minimum Gasteiger partial charge on any atom is -0.299 e. The van der Waals surface area contributed by atoms with Crippen LogP contribution in [0.4, 0.5) is 0 Å². The minimum absolute atomic E-state index is 0.511. The summed E-state index contributed by atoms with van der Waals surface area (Å²) < 4.78 is 3.97. The first kappa shape index (κ1) is 18.6. The third-order valence-electron chi connectivity index (χ3n) is 3.92. The van der Waals surface area contributed by atoms with Crippen molar-refractivity contribution >= 4 is 34.2 Å². The van der Waals surface area contributed by atoms with E-state index in [-0.39, 0.29) is 0 Å². The average molecular weight is 391 g/mol. The predicted octanol–water partition coefficient (Wildman–Crippen LogP) is 4.67. The van der Waals surface area contributed by atoms with E-state index in [1.807, 2.05) is 21.2 Å². The van der Waals surface area contributed by atoms with Crippen molar-refractivity contribution in [3.05, 3.63) is 59.1 Å². The number of hydrogen-bond donors (Lipinski definition) is 0. The van der Waals surface area contributed by atoms with E-state index in [0.29, 0.717) is 10.3 Å². The molecular weight excluding hydrogens is 371 g/mol. The summed E-state index contributed by atoms with van der Waals surface area (Å²) >= 11 is 11.8. The SMILES string of the molecule is CCCc1ncc2c(Cl)nccn12.CCCc1ncc2c(Cl)nccn12. The summed E-state index contributed by atoms with van der Waals surface area (Å²) in [5, 5.41) is 1.02. The van der Waals surface area contributed by atoms with Gasteiger partial charge < -0.3 is 0 Å². The molecule has 8 heteroatoms. The molecule has 4 aromatic heterocycles. The first-order valence-corrected chi connectivity index (χ1v) is 9.34. The maximum absolute atomic E-state index is 5.90. The van der Waals surface area contributed by atoms with Gasteiger partial charge in [0.25, 0.3) is 0 Å². The number of rotatable bonds is 4. The minimum atomic E-state index is 0.511. The Morgan fingerprint density at radius 1 is 0.731 bits per heavy atom. The van der Waals surface area contributed by atoms with E-state index in [0.717, 1.165) is 48.4 Å². The number of halogens is 2. The summed E-state index contributed by atoms with van der Waals surface area (Å²) in [7, 11) is 0. The van der Waals surface area contributed by atoms with Crippen LogP contribution in [0.5, 0.6) is 0 Å². The molecule has 4 rings (SSSR count). The molecule has 0 aliphatic heterocycles. The van der Waals surface area contributed by atoms with Gasteiger partial charge >= 0.3 is 0 Å². The van der Waals surface area contributed by atoms with Crippen LogP contribution in [0, 0.1) is 0 Å². The van der Waals surface area contributed by atoms with E-state index in [4.69, 9.17) is 23.2 Å². The number of imidazole rings is 2. The van der Waals surface area contributed by atoms with E-state index in [1.165, 1.54) is 0 Å². The van der Waals surface area contributed by atoms with Crippen LogP contribution in [0.3, 0.4) is 0 Å². The third-order valence-corrected chi connectivity index (χ3v) is 4.51. The van der Waals surface area contributed by atoms with Crippen molar-refractivity contribution in [2.24, 2.45) is 0 Å². The first-order chi connectivity index (χ1) is 12.7. The Labute approximate surface area is 161 Å². The second kappa shape index (κ2) is 8.47. The van der Waals surface area contributed by atoms with Gasteiger partial charge in [-0.25, -0.2) is 19.9 Å². The Morgan fingerprint density at radius 3 is 1.54 bits per heavy atom. The normalized spacial score (nSPS) is 10.9. The third kappa shape index (κ3) is 3.81. The van der Waals surface area contributed by atoms with Gasteiger partial charge in [0.2, 0.25) is 0 Å². The van der Waals surface area contributed by atoms with Gasteiger partial charge in [-0.2, -0.15) is 0 Å². The molecule has 26 heavy (non-hydrogen) atoms. The summed E-state index contributed by atoms with van der Waals surface area (Å²) in [5.41, 5.74) is 1.76. The summed E-state index contributed by atoms with van der Waals surface area (Å²) in [6, 6.07) is 0. The van der Waals surface area contributed by atoms with Crippen molar-refractivity contribution in [1.29, 1.82) is 0 Å². The molecular formula is C18H20Cl2N6. The monoisotopic (exact) mass is 390 g/mol. The van der Waals surface area contributed by atoms with Crippen LogP contribution in [0.1, 0.15) is 38.3 Å². The molecule has 0 N–H and O–H groups in total. The summed E-state index contributed by atoms with van der Waals surface area (Å²) in [6.45, 7) is 4.26. The molecule has 4 aromatic rings. The lowest BCUT2D eigenvalue weighted by Gasteiger charge is -1.98. The Balaban J connectivity index is 0.000000151. The van der Waals surface area contributed by atoms with Gasteiger partial charge in [0.15, 0.2) is 10.3 Å². The van der Waals surface area contributed by atoms with Gasteiger partial charge in [0, 0.05) is 37.6 Å². The van der Waals surface area contributed by atoms with Crippen LogP contribution >= 0.6 is 23.2 Å². The zero-order valence-corrected chi connectivity index (χ0v) is 16.2.